The molecule has 3 aromatic carbocycles. The van der Waals surface area contributed by atoms with E-state index < -0.39 is 5.60 Å². The largest absolute Gasteiger partial charge is 0.386 e. The molecule has 0 aliphatic heterocycles. The van der Waals surface area contributed by atoms with Crippen molar-refractivity contribution in [3.8, 4) is 0 Å². The van der Waals surface area contributed by atoms with Gasteiger partial charge in [0, 0.05) is 22.1 Å². The van der Waals surface area contributed by atoms with Gasteiger partial charge < -0.3 is 9.90 Å². The molecular weight excluding hydrogens is 546 g/mol. The number of nitrogens with zero attached hydrogens (tertiary/aromatic N) is 1. The van der Waals surface area contributed by atoms with Crippen LogP contribution in [0.5, 0.6) is 0 Å². The number of benzene rings is 3. The lowest BCUT2D eigenvalue weighted by molar-refractivity contribution is -0.117. The molecule has 0 bridgehead atoms. The van der Waals surface area contributed by atoms with Crippen molar-refractivity contribution in [3.63, 3.8) is 0 Å². The van der Waals surface area contributed by atoms with E-state index in [4.69, 9.17) is 16.6 Å². The summed E-state index contributed by atoms with van der Waals surface area (Å²) in [6.45, 7) is 5.42. The zero-order valence-corrected chi connectivity index (χ0v) is 25.6. The Morgan fingerprint density at radius 3 is 2.59 bits per heavy atom. The maximum atomic E-state index is 11.9. The van der Waals surface area contributed by atoms with E-state index in [2.05, 4.69) is 48.5 Å². The third-order valence-electron chi connectivity index (χ3n) is 7.93. The van der Waals surface area contributed by atoms with Crippen molar-refractivity contribution in [3.05, 3.63) is 112 Å². The standard InChI is InChI=1S/C36H38ClNO2S/c1-25(39)23-36(19-20-36)24-41-34(18-14-27-8-4-5-10-32(27)35(2,3)40)29-9-6-7-26(21-29)11-16-31-17-13-28-12-15-30(37)22-33(28)38-31/h4-13,15-17,21-22,34,40H,14,18-20,23-24H2,1-3H3/b16-11+/t34-/m1/s1. The number of pyridine rings is 1. The first kappa shape index (κ1) is 29.6. The molecule has 1 aliphatic carbocycles. The fourth-order valence-electron chi connectivity index (χ4n) is 5.57. The van der Waals surface area contributed by atoms with Crippen molar-refractivity contribution in [1.82, 2.24) is 4.98 Å². The lowest BCUT2D eigenvalue weighted by Gasteiger charge is -2.24. The van der Waals surface area contributed by atoms with Crippen molar-refractivity contribution in [2.45, 2.75) is 63.7 Å². The summed E-state index contributed by atoms with van der Waals surface area (Å²) < 4.78 is 0. The number of fused-ring (bicyclic) bond motifs is 1. The van der Waals surface area contributed by atoms with Crippen LogP contribution in [0, 0.1) is 5.41 Å². The molecule has 4 aromatic rings. The summed E-state index contributed by atoms with van der Waals surface area (Å²) in [6, 6.07) is 26.8. The van der Waals surface area contributed by atoms with Crippen LogP contribution in [0.1, 0.15) is 79.7 Å². The van der Waals surface area contributed by atoms with Crippen LogP contribution in [0.2, 0.25) is 5.02 Å². The monoisotopic (exact) mass is 583 g/mol. The zero-order valence-electron chi connectivity index (χ0n) is 24.1. The van der Waals surface area contributed by atoms with E-state index >= 15 is 0 Å². The summed E-state index contributed by atoms with van der Waals surface area (Å²) in [6.07, 6.45) is 8.95. The molecule has 1 atom stereocenters. The maximum absolute atomic E-state index is 11.9. The third-order valence-corrected chi connectivity index (χ3v) is 9.85. The van der Waals surface area contributed by atoms with Gasteiger partial charge in [-0.1, -0.05) is 78.3 Å². The second-order valence-corrected chi connectivity index (χ2v) is 13.6. The molecule has 0 saturated heterocycles. The average Bonchev–Trinajstić information content (AvgIpc) is 3.70. The molecule has 1 heterocycles. The summed E-state index contributed by atoms with van der Waals surface area (Å²) in [7, 11) is 0. The minimum Gasteiger partial charge on any atom is -0.386 e. The first-order valence-corrected chi connectivity index (χ1v) is 15.8. The number of thioether (sulfide) groups is 1. The van der Waals surface area contributed by atoms with Crippen LogP contribution in [-0.2, 0) is 16.8 Å². The Bertz CT molecular complexity index is 1570. The Morgan fingerprint density at radius 2 is 1.83 bits per heavy atom. The number of aliphatic hydroxyl groups is 1. The van der Waals surface area contributed by atoms with Crippen molar-refractivity contribution in [2.75, 3.05) is 5.75 Å². The molecule has 41 heavy (non-hydrogen) atoms. The van der Waals surface area contributed by atoms with Crippen LogP contribution < -0.4 is 0 Å². The van der Waals surface area contributed by atoms with Crippen LogP contribution in [-0.4, -0.2) is 21.6 Å². The van der Waals surface area contributed by atoms with Gasteiger partial charge in [-0.25, -0.2) is 4.98 Å². The first-order valence-electron chi connectivity index (χ1n) is 14.4. The molecule has 1 saturated carbocycles. The van der Waals surface area contributed by atoms with Gasteiger partial charge in [-0.3, -0.25) is 0 Å². The fraction of sp³-hybridized carbons (Fsp3) is 0.333. The molecule has 0 radical (unpaired) electrons. The molecule has 1 aromatic heterocycles. The topological polar surface area (TPSA) is 50.2 Å². The van der Waals surface area contributed by atoms with Gasteiger partial charge in [0.2, 0.25) is 0 Å². The number of rotatable bonds is 12. The van der Waals surface area contributed by atoms with E-state index in [-0.39, 0.29) is 16.4 Å². The molecular formula is C36H38ClNO2S. The van der Waals surface area contributed by atoms with Gasteiger partial charge >= 0.3 is 0 Å². The molecule has 3 nitrogen and oxygen atoms in total. The second-order valence-electron chi connectivity index (χ2n) is 12.0. The van der Waals surface area contributed by atoms with Crippen LogP contribution in [0.3, 0.4) is 0 Å². The summed E-state index contributed by atoms with van der Waals surface area (Å²) in [5.41, 5.74) is 5.65. The maximum Gasteiger partial charge on any atom is 0.130 e. The van der Waals surface area contributed by atoms with Gasteiger partial charge in [0.05, 0.1) is 16.8 Å². The van der Waals surface area contributed by atoms with E-state index in [0.29, 0.717) is 11.4 Å². The summed E-state index contributed by atoms with van der Waals surface area (Å²) >= 11 is 8.16. The number of aromatic nitrogens is 1. The quantitative estimate of drug-likeness (QED) is 0.180. The van der Waals surface area contributed by atoms with Gasteiger partial charge in [-0.15, -0.1) is 0 Å². The molecule has 5 rings (SSSR count). The Morgan fingerprint density at radius 1 is 1.05 bits per heavy atom. The summed E-state index contributed by atoms with van der Waals surface area (Å²) in [4.78, 5) is 16.7. The Labute approximate surface area is 253 Å². The average molecular weight is 584 g/mol. The van der Waals surface area contributed by atoms with Crippen molar-refractivity contribution in [2.24, 2.45) is 5.41 Å². The van der Waals surface area contributed by atoms with Crippen molar-refractivity contribution < 1.29 is 9.90 Å². The van der Waals surface area contributed by atoms with Gasteiger partial charge in [0.1, 0.15) is 5.78 Å². The Balaban J connectivity index is 1.37. The lowest BCUT2D eigenvalue weighted by Crippen LogP contribution is -2.18. The first-order chi connectivity index (χ1) is 19.6. The Hall–Kier alpha value is -2.92. The highest BCUT2D eigenvalue weighted by molar-refractivity contribution is 7.99. The van der Waals surface area contributed by atoms with Crippen molar-refractivity contribution >= 4 is 52.2 Å². The smallest absolute Gasteiger partial charge is 0.130 e. The second kappa shape index (κ2) is 12.5. The highest BCUT2D eigenvalue weighted by Gasteiger charge is 2.43. The summed E-state index contributed by atoms with van der Waals surface area (Å²) in [5, 5.41) is 12.8. The normalized spacial score (nSPS) is 15.3. The van der Waals surface area contributed by atoms with Gasteiger partial charge in [0.15, 0.2) is 0 Å². The molecule has 0 spiro atoms. The minimum atomic E-state index is -0.883. The number of carbonyl (C=O) groups excluding carboxylic acids is 1. The van der Waals surface area contributed by atoms with E-state index in [1.54, 1.807) is 6.92 Å². The van der Waals surface area contributed by atoms with Gasteiger partial charge in [-0.05, 0) is 104 Å². The summed E-state index contributed by atoms with van der Waals surface area (Å²) in [5.74, 6) is 1.28. The molecule has 1 fully saturated rings. The van der Waals surface area contributed by atoms with E-state index in [1.165, 1.54) is 11.1 Å². The molecule has 0 unspecified atom stereocenters. The number of aryl methyl sites for hydroxylation is 1. The fourth-order valence-corrected chi connectivity index (χ4v) is 7.30. The van der Waals surface area contributed by atoms with E-state index in [9.17, 15) is 9.90 Å². The number of ketones is 1. The van der Waals surface area contributed by atoms with Crippen LogP contribution in [0.4, 0.5) is 0 Å². The van der Waals surface area contributed by atoms with Crippen LogP contribution in [0.25, 0.3) is 23.1 Å². The number of hydrogen-bond acceptors (Lipinski definition) is 4. The highest BCUT2D eigenvalue weighted by Crippen LogP contribution is 2.53. The number of halogens is 1. The SMILES string of the molecule is CC(=O)CC1(CS[C@H](CCc2ccccc2C(C)(C)O)c2cccc(/C=C/c3ccc4ccc(Cl)cc4n3)c2)CC1. The molecule has 212 valence electrons. The van der Waals surface area contributed by atoms with E-state index in [0.717, 1.165) is 59.2 Å². The van der Waals surface area contributed by atoms with Crippen LogP contribution >= 0.6 is 23.4 Å². The van der Waals surface area contributed by atoms with Gasteiger partial charge in [-0.2, -0.15) is 11.8 Å². The predicted octanol–water partition coefficient (Wildman–Crippen LogP) is 9.45. The number of carbonyl (C=O) groups is 1. The number of Topliss-reactive ketones (excluding diaryl/α,β-unsaturated/α-hetero) is 1. The number of hydrogen-bond donors (Lipinski definition) is 1. The predicted molar refractivity (Wildman–Crippen MR) is 174 cm³/mol. The lowest BCUT2D eigenvalue weighted by atomic mass is 9.90. The van der Waals surface area contributed by atoms with E-state index in [1.807, 2.05) is 68.1 Å². The highest BCUT2D eigenvalue weighted by atomic mass is 35.5. The minimum absolute atomic E-state index is 0.169. The van der Waals surface area contributed by atoms with Crippen LogP contribution in [0.15, 0.2) is 78.9 Å². The molecule has 1 aliphatic rings. The molecule has 1 N–H and O–H groups in total. The molecule has 0 amide bonds. The van der Waals surface area contributed by atoms with Crippen molar-refractivity contribution in [1.29, 1.82) is 0 Å². The zero-order chi connectivity index (χ0) is 29.0. The van der Waals surface area contributed by atoms with Gasteiger partial charge in [0.25, 0.3) is 0 Å². The molecule has 5 heteroatoms. The third kappa shape index (κ3) is 7.88. The Kier molecular flexibility index (Phi) is 9.03.